The van der Waals surface area contributed by atoms with E-state index in [1.54, 1.807) is 12.4 Å². The maximum atomic E-state index is 10.4. The highest BCUT2D eigenvalue weighted by atomic mass is 16.1. The van der Waals surface area contributed by atoms with Gasteiger partial charge in [-0.2, -0.15) is 0 Å². The number of anilines is 1. The summed E-state index contributed by atoms with van der Waals surface area (Å²) < 4.78 is 0. The van der Waals surface area contributed by atoms with Crippen molar-refractivity contribution < 1.29 is 4.79 Å². The van der Waals surface area contributed by atoms with Crippen molar-refractivity contribution in [2.24, 2.45) is 0 Å². The van der Waals surface area contributed by atoms with Gasteiger partial charge in [0, 0.05) is 28.9 Å². The number of carbonyl (C=O) groups is 1. The summed E-state index contributed by atoms with van der Waals surface area (Å²) in [6, 6.07) is 5.87. The van der Waals surface area contributed by atoms with Crippen LogP contribution >= 0.6 is 0 Å². The van der Waals surface area contributed by atoms with Crippen LogP contribution in [0.15, 0.2) is 30.6 Å². The van der Waals surface area contributed by atoms with Crippen LogP contribution in [0.5, 0.6) is 0 Å². The van der Waals surface area contributed by atoms with Gasteiger partial charge < -0.3 is 5.32 Å². The number of nitrogens with one attached hydrogen (secondary N) is 1. The largest absolute Gasteiger partial charge is 0.328 e. The van der Waals surface area contributed by atoms with Gasteiger partial charge in [-0.1, -0.05) is 0 Å². The third kappa shape index (κ3) is 1.44. The van der Waals surface area contributed by atoms with Gasteiger partial charge in [-0.3, -0.25) is 9.78 Å². The van der Waals surface area contributed by atoms with Crippen LogP contribution in [0, 0.1) is 6.92 Å². The van der Waals surface area contributed by atoms with Crippen molar-refractivity contribution in [3.8, 4) is 0 Å². The monoisotopic (exact) mass is 186 g/mol. The number of rotatable bonds is 2. The fraction of sp³-hybridized carbons (Fsp3) is 0.0909. The lowest BCUT2D eigenvalue weighted by atomic mass is 10.1. The zero-order chi connectivity index (χ0) is 9.97. The molecule has 3 heteroatoms. The van der Waals surface area contributed by atoms with Crippen LogP contribution in [0.1, 0.15) is 5.56 Å². The molecule has 0 bridgehead atoms. The molecule has 0 aliphatic heterocycles. The molecular weight excluding hydrogens is 176 g/mol. The van der Waals surface area contributed by atoms with E-state index in [0.29, 0.717) is 6.41 Å². The number of aromatic nitrogens is 1. The lowest BCUT2D eigenvalue weighted by molar-refractivity contribution is -0.105. The molecule has 1 N–H and O–H groups in total. The number of hydrogen-bond acceptors (Lipinski definition) is 2. The summed E-state index contributed by atoms with van der Waals surface area (Å²) in [5.41, 5.74) is 1.94. The molecule has 1 aromatic heterocycles. The van der Waals surface area contributed by atoms with E-state index in [-0.39, 0.29) is 0 Å². The van der Waals surface area contributed by atoms with Gasteiger partial charge >= 0.3 is 0 Å². The average molecular weight is 186 g/mol. The van der Waals surface area contributed by atoms with Crippen molar-refractivity contribution in [2.75, 3.05) is 5.32 Å². The van der Waals surface area contributed by atoms with Gasteiger partial charge in [0.25, 0.3) is 0 Å². The molecule has 70 valence electrons. The molecular formula is C11H10N2O. The van der Waals surface area contributed by atoms with E-state index in [1.807, 2.05) is 25.1 Å². The molecule has 1 amide bonds. The smallest absolute Gasteiger partial charge is 0.211 e. The number of pyridine rings is 1. The van der Waals surface area contributed by atoms with Crippen molar-refractivity contribution in [1.29, 1.82) is 0 Å². The molecule has 2 aromatic rings. The molecule has 0 atom stereocenters. The molecule has 0 saturated carbocycles. The van der Waals surface area contributed by atoms with E-state index in [4.69, 9.17) is 0 Å². The van der Waals surface area contributed by atoms with E-state index in [0.717, 1.165) is 22.0 Å². The standard InChI is InChI=1S/C11H10N2O/c1-8-4-9-6-12-3-2-10(9)11(5-8)13-7-14/h2-7H,1H3,(H,13,14). The van der Waals surface area contributed by atoms with Gasteiger partial charge in [-0.15, -0.1) is 0 Å². The van der Waals surface area contributed by atoms with E-state index >= 15 is 0 Å². The van der Waals surface area contributed by atoms with Crippen LogP contribution < -0.4 is 5.32 Å². The average Bonchev–Trinajstić information content (AvgIpc) is 2.18. The maximum Gasteiger partial charge on any atom is 0.211 e. The minimum Gasteiger partial charge on any atom is -0.328 e. The number of benzene rings is 1. The summed E-state index contributed by atoms with van der Waals surface area (Å²) in [5, 5.41) is 4.73. The lowest BCUT2D eigenvalue weighted by Crippen LogP contribution is -1.95. The minimum atomic E-state index is 0.689. The van der Waals surface area contributed by atoms with Gasteiger partial charge in [0.05, 0.1) is 0 Å². The molecule has 14 heavy (non-hydrogen) atoms. The summed E-state index contributed by atoms with van der Waals surface area (Å²) in [4.78, 5) is 14.4. The zero-order valence-corrected chi connectivity index (χ0v) is 7.82. The molecule has 0 radical (unpaired) electrons. The fourth-order valence-electron chi connectivity index (χ4n) is 1.54. The Balaban J connectivity index is 2.73. The molecule has 0 saturated heterocycles. The van der Waals surface area contributed by atoms with Crippen LogP contribution in [0.3, 0.4) is 0 Å². The summed E-state index contributed by atoms with van der Waals surface area (Å²) in [6.07, 6.45) is 4.20. The van der Waals surface area contributed by atoms with Crippen LogP contribution in [0.25, 0.3) is 10.8 Å². The SMILES string of the molecule is Cc1cc(NC=O)c2ccncc2c1. The highest BCUT2D eigenvalue weighted by Crippen LogP contribution is 2.23. The Hall–Kier alpha value is -1.90. The summed E-state index contributed by atoms with van der Waals surface area (Å²) in [6.45, 7) is 1.99. The van der Waals surface area contributed by atoms with E-state index in [2.05, 4.69) is 10.3 Å². The Kier molecular flexibility index (Phi) is 2.14. The Labute approximate surface area is 81.8 Å². The molecule has 3 nitrogen and oxygen atoms in total. The first-order chi connectivity index (χ1) is 6.81. The number of aryl methyl sites for hydroxylation is 1. The van der Waals surface area contributed by atoms with Gasteiger partial charge in [0.15, 0.2) is 0 Å². The molecule has 0 spiro atoms. The van der Waals surface area contributed by atoms with Crippen LogP contribution in [0.4, 0.5) is 5.69 Å². The highest BCUT2D eigenvalue weighted by Gasteiger charge is 2.00. The normalized spacial score (nSPS) is 10.1. The number of fused-ring (bicyclic) bond motifs is 1. The van der Waals surface area contributed by atoms with E-state index in [9.17, 15) is 4.79 Å². The van der Waals surface area contributed by atoms with Crippen molar-refractivity contribution in [2.45, 2.75) is 6.92 Å². The molecule has 1 aromatic carbocycles. The van der Waals surface area contributed by atoms with E-state index < -0.39 is 0 Å². The third-order valence-corrected chi connectivity index (χ3v) is 2.11. The number of nitrogens with zero attached hydrogens (tertiary/aromatic N) is 1. The fourth-order valence-corrected chi connectivity index (χ4v) is 1.54. The Morgan fingerprint density at radius 2 is 2.29 bits per heavy atom. The summed E-state index contributed by atoms with van der Waals surface area (Å²) in [7, 11) is 0. The quantitative estimate of drug-likeness (QED) is 0.730. The molecule has 0 fully saturated rings. The molecule has 0 unspecified atom stereocenters. The van der Waals surface area contributed by atoms with Crippen LogP contribution in [0.2, 0.25) is 0 Å². The van der Waals surface area contributed by atoms with Gasteiger partial charge in [0.2, 0.25) is 6.41 Å². The number of carbonyl (C=O) groups excluding carboxylic acids is 1. The maximum absolute atomic E-state index is 10.4. The lowest BCUT2D eigenvalue weighted by Gasteiger charge is -2.05. The van der Waals surface area contributed by atoms with Crippen LogP contribution in [-0.2, 0) is 4.79 Å². The Morgan fingerprint density at radius 3 is 3.07 bits per heavy atom. The first-order valence-electron chi connectivity index (χ1n) is 4.36. The molecule has 1 heterocycles. The molecule has 0 aliphatic rings. The number of hydrogen-bond donors (Lipinski definition) is 1. The van der Waals surface area contributed by atoms with Crippen molar-refractivity contribution in [3.63, 3.8) is 0 Å². The second kappa shape index (κ2) is 3.46. The van der Waals surface area contributed by atoms with Gasteiger partial charge in [-0.05, 0) is 30.7 Å². The predicted octanol–water partition coefficient (Wildman–Crippen LogP) is 2.11. The Bertz CT molecular complexity index is 480. The van der Waals surface area contributed by atoms with Gasteiger partial charge in [0.1, 0.15) is 0 Å². The van der Waals surface area contributed by atoms with Crippen LogP contribution in [-0.4, -0.2) is 11.4 Å². The predicted molar refractivity (Wildman–Crippen MR) is 56.2 cm³/mol. The first kappa shape index (κ1) is 8.69. The highest BCUT2D eigenvalue weighted by molar-refractivity contribution is 5.97. The second-order valence-electron chi connectivity index (χ2n) is 3.17. The van der Waals surface area contributed by atoms with Gasteiger partial charge in [-0.25, -0.2) is 0 Å². The van der Waals surface area contributed by atoms with Crippen molar-refractivity contribution >= 4 is 22.9 Å². The second-order valence-corrected chi connectivity index (χ2v) is 3.17. The Morgan fingerprint density at radius 1 is 1.43 bits per heavy atom. The zero-order valence-electron chi connectivity index (χ0n) is 7.82. The molecule has 2 rings (SSSR count). The molecule has 0 aliphatic carbocycles. The van der Waals surface area contributed by atoms with Crippen molar-refractivity contribution in [3.05, 3.63) is 36.2 Å². The van der Waals surface area contributed by atoms with Crippen molar-refractivity contribution in [1.82, 2.24) is 4.98 Å². The summed E-state index contributed by atoms with van der Waals surface area (Å²) in [5.74, 6) is 0. The number of amides is 1. The first-order valence-corrected chi connectivity index (χ1v) is 4.36. The third-order valence-electron chi connectivity index (χ3n) is 2.11. The van der Waals surface area contributed by atoms with E-state index in [1.165, 1.54) is 0 Å². The minimum absolute atomic E-state index is 0.689. The topological polar surface area (TPSA) is 42.0 Å². The summed E-state index contributed by atoms with van der Waals surface area (Å²) >= 11 is 0.